The molecule has 2 N–H and O–H groups in total. The number of ether oxygens (including phenoxy) is 2. The summed E-state index contributed by atoms with van der Waals surface area (Å²) in [6.07, 6.45) is 0.986. The molecule has 1 aromatic carbocycles. The zero-order valence-corrected chi connectivity index (χ0v) is 12.3. The molecule has 5 heteroatoms. The molecule has 0 radical (unpaired) electrons. The Morgan fingerprint density at radius 2 is 2.15 bits per heavy atom. The van der Waals surface area contributed by atoms with Gasteiger partial charge in [0.1, 0.15) is 0 Å². The predicted molar refractivity (Wildman–Crippen MR) is 77.2 cm³/mol. The van der Waals surface area contributed by atoms with Crippen LogP contribution in [-0.2, 0) is 0 Å². The first kappa shape index (κ1) is 14.7. The number of benzene rings is 1. The lowest BCUT2D eigenvalue weighted by molar-refractivity contribution is 0.0723. The number of amides is 1. The molecule has 1 amide bonds. The highest BCUT2D eigenvalue weighted by Crippen LogP contribution is 2.33. The van der Waals surface area contributed by atoms with Crippen molar-refractivity contribution in [2.45, 2.75) is 19.4 Å². The number of methoxy groups -OCH3 is 2. The van der Waals surface area contributed by atoms with Gasteiger partial charge in [-0.15, -0.1) is 0 Å². The maximum atomic E-state index is 12.7. The summed E-state index contributed by atoms with van der Waals surface area (Å²) in [5.41, 5.74) is 6.33. The number of hydrogen-bond donors (Lipinski definition) is 1. The molecule has 110 valence electrons. The van der Waals surface area contributed by atoms with Gasteiger partial charge in [-0.3, -0.25) is 4.79 Å². The Kier molecular flexibility index (Phi) is 4.49. The zero-order chi connectivity index (χ0) is 14.7. The summed E-state index contributed by atoms with van der Waals surface area (Å²) < 4.78 is 10.6. The third-order valence-corrected chi connectivity index (χ3v) is 4.02. The van der Waals surface area contributed by atoms with Gasteiger partial charge in [0.05, 0.1) is 19.8 Å². The third kappa shape index (κ3) is 2.45. The van der Waals surface area contributed by atoms with E-state index in [4.69, 9.17) is 15.2 Å². The minimum Gasteiger partial charge on any atom is -0.493 e. The number of hydrogen-bond acceptors (Lipinski definition) is 4. The number of likely N-dealkylation sites (tertiary alicyclic amines) is 1. The average molecular weight is 278 g/mol. The summed E-state index contributed by atoms with van der Waals surface area (Å²) in [5, 5.41) is 0. The molecule has 2 atom stereocenters. The molecule has 5 nitrogen and oxygen atoms in total. The summed E-state index contributed by atoms with van der Waals surface area (Å²) in [7, 11) is 3.11. The Hall–Kier alpha value is -1.75. The maximum Gasteiger partial charge on any atom is 0.258 e. The maximum absolute atomic E-state index is 12.7. The van der Waals surface area contributed by atoms with Gasteiger partial charge in [-0.05, 0) is 24.5 Å². The first-order valence-electron chi connectivity index (χ1n) is 6.86. The molecule has 1 fully saturated rings. The van der Waals surface area contributed by atoms with Gasteiger partial charge in [-0.2, -0.15) is 0 Å². The Bertz CT molecular complexity index is 490. The Balaban J connectivity index is 2.34. The number of para-hydroxylation sites is 1. The topological polar surface area (TPSA) is 64.8 Å². The van der Waals surface area contributed by atoms with Crippen LogP contribution < -0.4 is 15.2 Å². The molecule has 0 aromatic heterocycles. The van der Waals surface area contributed by atoms with Crippen molar-refractivity contribution < 1.29 is 14.3 Å². The first-order chi connectivity index (χ1) is 9.63. The van der Waals surface area contributed by atoms with Crippen molar-refractivity contribution in [3.05, 3.63) is 23.8 Å². The van der Waals surface area contributed by atoms with E-state index in [-0.39, 0.29) is 11.9 Å². The van der Waals surface area contributed by atoms with Gasteiger partial charge in [0.25, 0.3) is 5.91 Å². The second-order valence-electron chi connectivity index (χ2n) is 5.11. The minimum absolute atomic E-state index is 0.0412. The standard InChI is InChI=1S/C15H22N2O3/c1-10-7-8-17(12(10)9-16)15(18)11-5-4-6-13(19-2)14(11)20-3/h4-6,10,12H,7-9,16H2,1-3H3. The van der Waals surface area contributed by atoms with Crippen molar-refractivity contribution in [1.82, 2.24) is 4.90 Å². The van der Waals surface area contributed by atoms with Crippen LogP contribution >= 0.6 is 0 Å². The third-order valence-electron chi connectivity index (χ3n) is 4.02. The lowest BCUT2D eigenvalue weighted by atomic mass is 10.0. The van der Waals surface area contributed by atoms with Crippen LogP contribution in [0.1, 0.15) is 23.7 Å². The summed E-state index contributed by atoms with van der Waals surface area (Å²) >= 11 is 0. The predicted octanol–water partition coefficient (Wildman–Crippen LogP) is 1.51. The van der Waals surface area contributed by atoms with Gasteiger partial charge in [-0.25, -0.2) is 0 Å². The fraction of sp³-hybridized carbons (Fsp3) is 0.533. The summed E-state index contributed by atoms with van der Waals surface area (Å²) in [6, 6.07) is 5.44. The van der Waals surface area contributed by atoms with E-state index in [1.165, 1.54) is 0 Å². The summed E-state index contributed by atoms with van der Waals surface area (Å²) in [4.78, 5) is 14.6. The molecule has 0 saturated carbocycles. The van der Waals surface area contributed by atoms with E-state index in [0.29, 0.717) is 29.5 Å². The molecule has 1 aliphatic heterocycles. The van der Waals surface area contributed by atoms with Crippen LogP contribution in [0.25, 0.3) is 0 Å². The fourth-order valence-corrected chi connectivity index (χ4v) is 2.83. The summed E-state index contributed by atoms with van der Waals surface area (Å²) in [6.45, 7) is 3.36. The largest absolute Gasteiger partial charge is 0.493 e. The van der Waals surface area contributed by atoms with Gasteiger partial charge in [0, 0.05) is 19.1 Å². The van der Waals surface area contributed by atoms with Gasteiger partial charge in [-0.1, -0.05) is 13.0 Å². The van der Waals surface area contributed by atoms with E-state index in [9.17, 15) is 4.79 Å². The second kappa shape index (κ2) is 6.13. The number of rotatable bonds is 4. The number of nitrogens with zero attached hydrogens (tertiary/aromatic N) is 1. The number of carbonyl (C=O) groups is 1. The quantitative estimate of drug-likeness (QED) is 0.906. The molecule has 20 heavy (non-hydrogen) atoms. The molecule has 1 aliphatic rings. The summed E-state index contributed by atoms with van der Waals surface area (Å²) in [5.74, 6) is 1.44. The lowest BCUT2D eigenvalue weighted by Crippen LogP contribution is -2.42. The monoisotopic (exact) mass is 278 g/mol. The van der Waals surface area contributed by atoms with Crippen LogP contribution in [0.4, 0.5) is 0 Å². The Morgan fingerprint density at radius 1 is 1.40 bits per heavy atom. The normalized spacial score (nSPS) is 21.9. The van der Waals surface area contributed by atoms with E-state index in [1.807, 2.05) is 4.90 Å². The molecule has 0 bridgehead atoms. The molecular formula is C15H22N2O3. The van der Waals surface area contributed by atoms with E-state index < -0.39 is 0 Å². The van der Waals surface area contributed by atoms with E-state index >= 15 is 0 Å². The van der Waals surface area contributed by atoms with Crippen molar-refractivity contribution in [2.24, 2.45) is 11.7 Å². The van der Waals surface area contributed by atoms with Crippen molar-refractivity contribution >= 4 is 5.91 Å². The van der Waals surface area contributed by atoms with E-state index in [0.717, 1.165) is 13.0 Å². The van der Waals surface area contributed by atoms with Crippen molar-refractivity contribution in [1.29, 1.82) is 0 Å². The number of nitrogens with two attached hydrogens (primary N) is 1. The van der Waals surface area contributed by atoms with Crippen LogP contribution in [0, 0.1) is 5.92 Å². The SMILES string of the molecule is COc1cccc(C(=O)N2CCC(C)C2CN)c1OC. The van der Waals surface area contributed by atoms with Crippen LogP contribution in [0.2, 0.25) is 0 Å². The smallest absolute Gasteiger partial charge is 0.258 e. The van der Waals surface area contributed by atoms with Crippen molar-refractivity contribution in [2.75, 3.05) is 27.3 Å². The molecule has 1 aromatic rings. The average Bonchev–Trinajstić information content (AvgIpc) is 2.86. The highest BCUT2D eigenvalue weighted by Gasteiger charge is 2.35. The fourth-order valence-electron chi connectivity index (χ4n) is 2.83. The minimum atomic E-state index is -0.0412. The van der Waals surface area contributed by atoms with Crippen LogP contribution in [0.3, 0.4) is 0 Å². The molecule has 0 spiro atoms. The van der Waals surface area contributed by atoms with Crippen LogP contribution in [0.5, 0.6) is 11.5 Å². The van der Waals surface area contributed by atoms with E-state index in [2.05, 4.69) is 6.92 Å². The van der Waals surface area contributed by atoms with Crippen molar-refractivity contribution in [3.8, 4) is 11.5 Å². The highest BCUT2D eigenvalue weighted by atomic mass is 16.5. The Labute approximate surface area is 119 Å². The molecule has 0 aliphatic carbocycles. The first-order valence-corrected chi connectivity index (χ1v) is 6.86. The molecule has 2 unspecified atom stereocenters. The molecular weight excluding hydrogens is 256 g/mol. The highest BCUT2D eigenvalue weighted by molar-refractivity contribution is 5.98. The Morgan fingerprint density at radius 3 is 2.75 bits per heavy atom. The van der Waals surface area contributed by atoms with Crippen LogP contribution in [0.15, 0.2) is 18.2 Å². The zero-order valence-electron chi connectivity index (χ0n) is 12.3. The van der Waals surface area contributed by atoms with Crippen molar-refractivity contribution in [3.63, 3.8) is 0 Å². The molecule has 1 saturated heterocycles. The number of carbonyl (C=O) groups excluding carboxylic acids is 1. The molecule has 2 rings (SSSR count). The van der Waals surface area contributed by atoms with E-state index in [1.54, 1.807) is 32.4 Å². The van der Waals surface area contributed by atoms with Gasteiger partial charge in [0.15, 0.2) is 11.5 Å². The van der Waals surface area contributed by atoms with Crippen LogP contribution in [-0.4, -0.2) is 44.2 Å². The lowest BCUT2D eigenvalue weighted by Gasteiger charge is -2.26. The van der Waals surface area contributed by atoms with Gasteiger partial charge < -0.3 is 20.1 Å². The van der Waals surface area contributed by atoms with Gasteiger partial charge in [0.2, 0.25) is 0 Å². The van der Waals surface area contributed by atoms with Gasteiger partial charge >= 0.3 is 0 Å². The molecule has 1 heterocycles. The second-order valence-corrected chi connectivity index (χ2v) is 5.11.